The van der Waals surface area contributed by atoms with E-state index >= 15 is 0 Å². The molecule has 0 amide bonds. The van der Waals surface area contributed by atoms with Gasteiger partial charge >= 0.3 is 0 Å². The zero-order chi connectivity index (χ0) is 11.5. The summed E-state index contributed by atoms with van der Waals surface area (Å²) in [5.74, 6) is 5.53. The second kappa shape index (κ2) is 5.60. The van der Waals surface area contributed by atoms with Crippen LogP contribution in [0.15, 0.2) is 4.52 Å². The van der Waals surface area contributed by atoms with E-state index in [-0.39, 0.29) is 12.1 Å². The van der Waals surface area contributed by atoms with Crippen molar-refractivity contribution in [3.63, 3.8) is 0 Å². The lowest BCUT2D eigenvalue weighted by Crippen LogP contribution is -2.30. The Morgan fingerprint density at radius 3 is 2.94 bits per heavy atom. The summed E-state index contributed by atoms with van der Waals surface area (Å²) in [6, 6.07) is 0.200. The Morgan fingerprint density at radius 1 is 1.24 bits per heavy atom. The monoisotopic (exact) mass is 273 g/mol. The van der Waals surface area contributed by atoms with Crippen LogP contribution < -0.4 is 5.32 Å². The molecule has 3 heterocycles. The van der Waals surface area contributed by atoms with Crippen molar-refractivity contribution in [1.82, 2.24) is 15.5 Å². The summed E-state index contributed by atoms with van der Waals surface area (Å²) >= 11 is 3.79. The maximum absolute atomic E-state index is 5.63. The van der Waals surface area contributed by atoms with Crippen LogP contribution in [0, 0.1) is 0 Å². The first kappa shape index (κ1) is 11.8. The largest absolute Gasteiger partial charge is 0.368 e. The maximum Gasteiger partial charge on any atom is 0.244 e. The summed E-state index contributed by atoms with van der Waals surface area (Å²) in [6.07, 6.45) is 0.00231. The second-order valence-corrected chi connectivity index (χ2v) is 6.31. The highest BCUT2D eigenvalue weighted by atomic mass is 32.2. The first-order valence-corrected chi connectivity index (χ1v) is 8.08. The Labute approximate surface area is 108 Å². The van der Waals surface area contributed by atoms with Gasteiger partial charge in [-0.15, -0.1) is 0 Å². The Kier molecular flexibility index (Phi) is 3.90. The van der Waals surface area contributed by atoms with Gasteiger partial charge in [0.15, 0.2) is 0 Å². The zero-order valence-corrected chi connectivity index (χ0v) is 11.1. The van der Waals surface area contributed by atoms with E-state index in [2.05, 4.69) is 15.5 Å². The molecule has 0 aromatic carbocycles. The summed E-state index contributed by atoms with van der Waals surface area (Å²) in [6.45, 7) is 1.78. The summed E-state index contributed by atoms with van der Waals surface area (Å²) in [4.78, 5) is 4.47. The number of thioether (sulfide) groups is 2. The van der Waals surface area contributed by atoms with Gasteiger partial charge in [0.25, 0.3) is 0 Å². The van der Waals surface area contributed by atoms with Gasteiger partial charge in [-0.3, -0.25) is 0 Å². The lowest BCUT2D eigenvalue weighted by molar-refractivity contribution is 0.0677. The number of nitrogens with zero attached hydrogens (tertiary/aromatic N) is 2. The number of aromatic nitrogens is 2. The smallest absolute Gasteiger partial charge is 0.244 e. The minimum absolute atomic E-state index is 0.00231. The minimum Gasteiger partial charge on any atom is -0.368 e. The van der Waals surface area contributed by atoms with Crippen LogP contribution in [0.3, 0.4) is 0 Å². The van der Waals surface area contributed by atoms with Crippen LogP contribution in [0.4, 0.5) is 0 Å². The standard InChI is InChI=1S/C10H15N3O2S2/c1-3-16-5-7(11-1)10-12-9(13-15-10)8-6-17-4-2-14-8/h7-8,11H,1-6H2. The molecule has 2 aliphatic heterocycles. The van der Waals surface area contributed by atoms with Gasteiger partial charge in [-0.05, 0) is 0 Å². The lowest BCUT2D eigenvalue weighted by Gasteiger charge is -2.20. The van der Waals surface area contributed by atoms with Crippen molar-refractivity contribution in [3.05, 3.63) is 11.7 Å². The van der Waals surface area contributed by atoms with Crippen LogP contribution in [0.2, 0.25) is 0 Å². The van der Waals surface area contributed by atoms with Crippen LogP contribution >= 0.6 is 23.5 Å². The van der Waals surface area contributed by atoms with E-state index in [4.69, 9.17) is 9.26 Å². The Balaban J connectivity index is 1.68. The van der Waals surface area contributed by atoms with Gasteiger partial charge in [-0.2, -0.15) is 28.5 Å². The topological polar surface area (TPSA) is 60.2 Å². The molecule has 2 saturated heterocycles. The van der Waals surface area contributed by atoms with E-state index in [1.807, 2.05) is 23.5 Å². The molecule has 1 N–H and O–H groups in total. The van der Waals surface area contributed by atoms with Crippen LogP contribution in [0.1, 0.15) is 23.9 Å². The fourth-order valence-electron chi connectivity index (χ4n) is 1.88. The third-order valence-electron chi connectivity index (χ3n) is 2.78. The molecule has 2 aliphatic rings. The van der Waals surface area contributed by atoms with E-state index < -0.39 is 0 Å². The van der Waals surface area contributed by atoms with E-state index in [9.17, 15) is 0 Å². The highest BCUT2D eigenvalue weighted by Crippen LogP contribution is 2.26. The van der Waals surface area contributed by atoms with Gasteiger partial charge in [-0.1, -0.05) is 5.16 Å². The summed E-state index contributed by atoms with van der Waals surface area (Å²) < 4.78 is 11.0. The normalized spacial score (nSPS) is 30.4. The molecule has 1 aromatic heterocycles. The predicted molar refractivity (Wildman–Crippen MR) is 68.4 cm³/mol. The Hall–Kier alpha value is -0.240. The van der Waals surface area contributed by atoms with Gasteiger partial charge in [0.1, 0.15) is 6.10 Å². The average molecular weight is 273 g/mol. The van der Waals surface area contributed by atoms with Crippen molar-refractivity contribution in [2.24, 2.45) is 0 Å². The molecule has 0 aliphatic carbocycles. The van der Waals surface area contributed by atoms with Crippen molar-refractivity contribution < 1.29 is 9.26 Å². The summed E-state index contributed by atoms with van der Waals surface area (Å²) in [7, 11) is 0. The highest BCUT2D eigenvalue weighted by molar-refractivity contribution is 7.99. The fraction of sp³-hybridized carbons (Fsp3) is 0.800. The van der Waals surface area contributed by atoms with Gasteiger partial charge in [0.2, 0.25) is 11.7 Å². The van der Waals surface area contributed by atoms with Crippen LogP contribution in [0.25, 0.3) is 0 Å². The molecule has 1 aromatic rings. The van der Waals surface area contributed by atoms with E-state index in [1.54, 1.807) is 0 Å². The van der Waals surface area contributed by atoms with Crippen LogP contribution in [0.5, 0.6) is 0 Å². The second-order valence-electron chi connectivity index (χ2n) is 4.01. The molecule has 17 heavy (non-hydrogen) atoms. The first-order chi connectivity index (χ1) is 8.43. The molecule has 2 unspecified atom stereocenters. The number of hydrogen-bond donors (Lipinski definition) is 1. The molecule has 2 atom stereocenters. The lowest BCUT2D eigenvalue weighted by atomic mass is 10.3. The van der Waals surface area contributed by atoms with Crippen molar-refractivity contribution >= 4 is 23.5 Å². The van der Waals surface area contributed by atoms with Crippen molar-refractivity contribution in [2.75, 3.05) is 36.2 Å². The molecule has 3 rings (SSSR count). The third-order valence-corrected chi connectivity index (χ3v) is 4.84. The summed E-state index contributed by atoms with van der Waals surface area (Å²) in [5.41, 5.74) is 0. The number of hydrogen-bond acceptors (Lipinski definition) is 7. The number of ether oxygens (including phenoxy) is 1. The van der Waals surface area contributed by atoms with Gasteiger partial charge in [-0.25, -0.2) is 0 Å². The SMILES string of the molecule is C1CSCC(c2nc(C3CSCCO3)no2)N1. The fourth-order valence-corrected chi connectivity index (χ4v) is 3.65. The van der Waals surface area contributed by atoms with E-state index in [1.165, 1.54) is 0 Å². The molecule has 94 valence electrons. The predicted octanol–water partition coefficient (Wildman–Crippen LogP) is 1.25. The average Bonchev–Trinajstić information content (AvgIpc) is 2.90. The van der Waals surface area contributed by atoms with Gasteiger partial charge in [0, 0.05) is 29.6 Å². The van der Waals surface area contributed by atoms with E-state index in [0.717, 1.165) is 36.2 Å². The molecule has 2 fully saturated rings. The molecule has 0 radical (unpaired) electrons. The molecule has 5 nitrogen and oxygen atoms in total. The maximum atomic E-state index is 5.63. The Bertz CT molecular complexity index is 330. The third kappa shape index (κ3) is 2.78. The van der Waals surface area contributed by atoms with Crippen LogP contribution in [-0.2, 0) is 4.74 Å². The quantitative estimate of drug-likeness (QED) is 0.870. The molecule has 0 bridgehead atoms. The Morgan fingerprint density at radius 2 is 2.18 bits per heavy atom. The van der Waals surface area contributed by atoms with Crippen molar-refractivity contribution in [2.45, 2.75) is 12.1 Å². The minimum atomic E-state index is 0.00231. The van der Waals surface area contributed by atoms with Gasteiger partial charge in [0.05, 0.1) is 12.6 Å². The molecule has 7 heteroatoms. The van der Waals surface area contributed by atoms with Crippen LogP contribution in [-0.4, -0.2) is 46.3 Å². The molecular formula is C10H15N3O2S2. The number of nitrogens with one attached hydrogen (secondary N) is 1. The number of rotatable bonds is 2. The molecular weight excluding hydrogens is 258 g/mol. The van der Waals surface area contributed by atoms with Crippen molar-refractivity contribution in [1.29, 1.82) is 0 Å². The van der Waals surface area contributed by atoms with Gasteiger partial charge < -0.3 is 14.6 Å². The zero-order valence-electron chi connectivity index (χ0n) is 9.42. The van der Waals surface area contributed by atoms with Crippen molar-refractivity contribution in [3.8, 4) is 0 Å². The summed E-state index contributed by atoms with van der Waals surface area (Å²) in [5, 5.41) is 7.43. The molecule has 0 saturated carbocycles. The molecule has 0 spiro atoms. The first-order valence-electron chi connectivity index (χ1n) is 5.77. The van der Waals surface area contributed by atoms with E-state index in [0.29, 0.717) is 11.7 Å². The highest BCUT2D eigenvalue weighted by Gasteiger charge is 2.26.